The maximum absolute atomic E-state index is 13.5. The molecule has 0 bridgehead atoms. The van der Waals surface area contributed by atoms with Crippen LogP contribution in [-0.2, 0) is 4.79 Å². The van der Waals surface area contributed by atoms with E-state index in [1.165, 1.54) is 24.4 Å². The van der Waals surface area contributed by atoms with E-state index >= 15 is 0 Å². The molecule has 0 aliphatic carbocycles. The van der Waals surface area contributed by atoms with Crippen LogP contribution in [0.3, 0.4) is 0 Å². The molecule has 0 radical (unpaired) electrons. The first-order valence-electron chi connectivity index (χ1n) is 6.74. The van der Waals surface area contributed by atoms with Crippen LogP contribution in [0.5, 0.6) is 5.75 Å². The third-order valence-electron chi connectivity index (χ3n) is 2.93. The first-order chi connectivity index (χ1) is 11.1. The van der Waals surface area contributed by atoms with Gasteiger partial charge >= 0.3 is 0 Å². The average Bonchev–Trinajstić information content (AvgIpc) is 2.56. The smallest absolute Gasteiger partial charge is 0.259 e. The lowest BCUT2D eigenvalue weighted by Crippen LogP contribution is -2.26. The Bertz CT molecular complexity index is 702. The van der Waals surface area contributed by atoms with Gasteiger partial charge in [-0.1, -0.05) is 29.8 Å². The SMILES string of the molecule is COc1ccccc1NCC(=O)N/N=C\c1c(F)cccc1Cl. The summed E-state index contributed by atoms with van der Waals surface area (Å²) in [6.07, 6.45) is 1.17. The first kappa shape index (κ1) is 16.8. The van der Waals surface area contributed by atoms with Crippen molar-refractivity contribution in [2.24, 2.45) is 5.10 Å². The van der Waals surface area contributed by atoms with Crippen LogP contribution in [-0.4, -0.2) is 25.8 Å². The number of methoxy groups -OCH3 is 1. The van der Waals surface area contributed by atoms with Gasteiger partial charge in [-0.3, -0.25) is 4.79 Å². The van der Waals surface area contributed by atoms with Gasteiger partial charge in [-0.25, -0.2) is 9.82 Å². The minimum absolute atomic E-state index is 0.0112. The number of anilines is 1. The highest BCUT2D eigenvalue weighted by molar-refractivity contribution is 6.33. The molecule has 0 aromatic heterocycles. The predicted molar refractivity (Wildman–Crippen MR) is 88.6 cm³/mol. The Balaban J connectivity index is 1.89. The Kier molecular flexibility index (Phi) is 5.94. The number of halogens is 2. The number of carbonyl (C=O) groups is 1. The van der Waals surface area contributed by atoms with E-state index in [4.69, 9.17) is 16.3 Å². The second-order valence-electron chi connectivity index (χ2n) is 4.48. The second kappa shape index (κ2) is 8.14. The number of hydrazone groups is 1. The zero-order valence-corrected chi connectivity index (χ0v) is 13.1. The summed E-state index contributed by atoms with van der Waals surface area (Å²) in [5.41, 5.74) is 3.10. The molecule has 0 aliphatic rings. The quantitative estimate of drug-likeness (QED) is 0.630. The fraction of sp³-hybridized carbons (Fsp3) is 0.125. The van der Waals surface area contributed by atoms with E-state index in [2.05, 4.69) is 15.8 Å². The van der Waals surface area contributed by atoms with Gasteiger partial charge < -0.3 is 10.1 Å². The van der Waals surface area contributed by atoms with Gasteiger partial charge in [0, 0.05) is 5.56 Å². The van der Waals surface area contributed by atoms with Crippen LogP contribution in [0.25, 0.3) is 0 Å². The number of ether oxygens (including phenoxy) is 1. The maximum atomic E-state index is 13.5. The highest BCUT2D eigenvalue weighted by Gasteiger charge is 2.05. The molecule has 0 aliphatic heterocycles. The van der Waals surface area contributed by atoms with Crippen molar-refractivity contribution in [1.82, 2.24) is 5.43 Å². The molecule has 0 unspecified atom stereocenters. The van der Waals surface area contributed by atoms with Crippen molar-refractivity contribution in [3.8, 4) is 5.75 Å². The monoisotopic (exact) mass is 335 g/mol. The lowest BCUT2D eigenvalue weighted by atomic mass is 10.2. The molecular weight excluding hydrogens is 321 g/mol. The highest BCUT2D eigenvalue weighted by atomic mass is 35.5. The summed E-state index contributed by atoms with van der Waals surface area (Å²) in [6.45, 7) is -0.0112. The molecule has 23 heavy (non-hydrogen) atoms. The van der Waals surface area contributed by atoms with Crippen molar-refractivity contribution in [2.75, 3.05) is 19.0 Å². The van der Waals surface area contributed by atoms with Gasteiger partial charge in [0.2, 0.25) is 0 Å². The molecule has 120 valence electrons. The lowest BCUT2D eigenvalue weighted by Gasteiger charge is -2.09. The summed E-state index contributed by atoms with van der Waals surface area (Å²) in [4.78, 5) is 11.7. The molecule has 0 spiro atoms. The number of para-hydroxylation sites is 2. The fourth-order valence-corrected chi connectivity index (χ4v) is 2.02. The minimum Gasteiger partial charge on any atom is -0.495 e. The zero-order chi connectivity index (χ0) is 16.7. The molecular formula is C16H15ClFN3O2. The number of nitrogens with one attached hydrogen (secondary N) is 2. The molecule has 1 amide bonds. The van der Waals surface area contributed by atoms with E-state index in [1.807, 2.05) is 12.1 Å². The van der Waals surface area contributed by atoms with Crippen molar-refractivity contribution in [2.45, 2.75) is 0 Å². The molecule has 2 aromatic carbocycles. The summed E-state index contributed by atoms with van der Waals surface area (Å²) >= 11 is 5.85. The fourth-order valence-electron chi connectivity index (χ4n) is 1.81. The number of hydrogen-bond donors (Lipinski definition) is 2. The summed E-state index contributed by atoms with van der Waals surface area (Å²) in [5, 5.41) is 6.84. The van der Waals surface area contributed by atoms with Gasteiger partial charge in [-0.05, 0) is 24.3 Å². The highest BCUT2D eigenvalue weighted by Crippen LogP contribution is 2.22. The van der Waals surface area contributed by atoms with E-state index in [0.29, 0.717) is 11.4 Å². The summed E-state index contributed by atoms with van der Waals surface area (Å²) in [6, 6.07) is 11.5. The second-order valence-corrected chi connectivity index (χ2v) is 4.89. The van der Waals surface area contributed by atoms with Gasteiger partial charge in [-0.2, -0.15) is 5.10 Å². The van der Waals surface area contributed by atoms with Crippen LogP contribution < -0.4 is 15.5 Å². The largest absolute Gasteiger partial charge is 0.495 e. The van der Waals surface area contributed by atoms with E-state index in [-0.39, 0.29) is 23.0 Å². The van der Waals surface area contributed by atoms with Crippen molar-refractivity contribution in [1.29, 1.82) is 0 Å². The Hall–Kier alpha value is -2.60. The van der Waals surface area contributed by atoms with E-state index < -0.39 is 5.82 Å². The maximum Gasteiger partial charge on any atom is 0.259 e. The number of amides is 1. The normalized spacial score (nSPS) is 10.6. The van der Waals surface area contributed by atoms with Gasteiger partial charge in [0.25, 0.3) is 5.91 Å². The summed E-state index contributed by atoms with van der Waals surface area (Å²) in [5.74, 6) is -0.274. The van der Waals surface area contributed by atoms with Crippen molar-refractivity contribution < 1.29 is 13.9 Å². The van der Waals surface area contributed by atoms with E-state index in [1.54, 1.807) is 19.2 Å². The van der Waals surface area contributed by atoms with Gasteiger partial charge in [0.1, 0.15) is 11.6 Å². The molecule has 0 fully saturated rings. The zero-order valence-electron chi connectivity index (χ0n) is 12.3. The van der Waals surface area contributed by atoms with Gasteiger partial charge in [0.15, 0.2) is 0 Å². The molecule has 0 saturated heterocycles. The van der Waals surface area contributed by atoms with Crippen LogP contribution in [0.2, 0.25) is 5.02 Å². The molecule has 0 saturated carbocycles. The van der Waals surface area contributed by atoms with Crippen molar-refractivity contribution >= 4 is 29.4 Å². The van der Waals surface area contributed by atoms with Crippen molar-refractivity contribution in [3.05, 3.63) is 58.9 Å². The first-order valence-corrected chi connectivity index (χ1v) is 7.12. The number of hydrogen-bond acceptors (Lipinski definition) is 4. The van der Waals surface area contributed by atoms with Gasteiger partial charge in [-0.15, -0.1) is 0 Å². The molecule has 0 heterocycles. The standard InChI is InChI=1S/C16H15ClFN3O2/c1-23-15-8-3-2-7-14(15)19-10-16(22)21-20-9-11-12(17)5-4-6-13(11)18/h2-9,19H,10H2,1H3,(H,21,22)/b20-9-. The molecule has 0 atom stereocenters. The molecule has 5 nitrogen and oxygen atoms in total. The van der Waals surface area contributed by atoms with E-state index in [9.17, 15) is 9.18 Å². The van der Waals surface area contributed by atoms with Crippen LogP contribution in [0.1, 0.15) is 5.56 Å². The molecule has 2 rings (SSSR count). The Labute approximate surface area is 138 Å². The number of benzene rings is 2. The lowest BCUT2D eigenvalue weighted by molar-refractivity contribution is -0.119. The topological polar surface area (TPSA) is 62.7 Å². The molecule has 2 aromatic rings. The summed E-state index contributed by atoms with van der Waals surface area (Å²) < 4.78 is 18.7. The van der Waals surface area contributed by atoms with Crippen LogP contribution in [0.15, 0.2) is 47.6 Å². The van der Waals surface area contributed by atoms with Crippen LogP contribution in [0.4, 0.5) is 10.1 Å². The predicted octanol–water partition coefficient (Wildman–Crippen LogP) is 3.05. The van der Waals surface area contributed by atoms with Crippen LogP contribution >= 0.6 is 11.6 Å². The summed E-state index contributed by atoms with van der Waals surface area (Å²) in [7, 11) is 1.54. The van der Waals surface area contributed by atoms with E-state index in [0.717, 1.165) is 0 Å². The Morgan fingerprint density at radius 3 is 2.83 bits per heavy atom. The molecule has 2 N–H and O–H groups in total. The minimum atomic E-state index is -0.511. The Morgan fingerprint density at radius 2 is 2.09 bits per heavy atom. The van der Waals surface area contributed by atoms with Gasteiger partial charge in [0.05, 0.1) is 30.6 Å². The van der Waals surface area contributed by atoms with Crippen LogP contribution in [0, 0.1) is 5.82 Å². The Morgan fingerprint density at radius 1 is 1.30 bits per heavy atom. The molecule has 7 heteroatoms. The number of rotatable bonds is 6. The number of carbonyl (C=O) groups excluding carboxylic acids is 1. The third-order valence-corrected chi connectivity index (χ3v) is 3.26. The third kappa shape index (κ3) is 4.69. The van der Waals surface area contributed by atoms with Crippen molar-refractivity contribution in [3.63, 3.8) is 0 Å². The number of nitrogens with zero attached hydrogens (tertiary/aromatic N) is 1. The average molecular weight is 336 g/mol.